The van der Waals surface area contributed by atoms with E-state index in [4.69, 9.17) is 6.42 Å². The van der Waals surface area contributed by atoms with Crippen LogP contribution in [0.15, 0.2) is 11.6 Å². The molecular weight excluding hydrogens is 280 g/mol. The van der Waals surface area contributed by atoms with Crippen molar-refractivity contribution in [1.29, 1.82) is 0 Å². The number of allylic oxidation sites excluding steroid dienone is 1. The average molecular weight is 308 g/mol. The van der Waals surface area contributed by atoms with Crippen LogP contribution in [0.5, 0.6) is 0 Å². The minimum absolute atomic E-state index is 0.380. The molecule has 0 saturated heterocycles. The molecule has 122 valence electrons. The molecule has 7 unspecified atom stereocenters. The van der Waals surface area contributed by atoms with E-state index in [2.05, 4.69) is 12.8 Å². The fourth-order valence-corrected chi connectivity index (χ4v) is 7.85. The first-order chi connectivity index (χ1) is 11.1. The molecule has 0 spiro atoms. The van der Waals surface area contributed by atoms with Crippen molar-refractivity contribution >= 4 is 5.78 Å². The fourth-order valence-electron chi connectivity index (χ4n) is 7.85. The molecule has 0 N–H and O–H groups in total. The first-order valence-corrected chi connectivity index (χ1v) is 9.76. The first-order valence-electron chi connectivity index (χ1n) is 9.76. The summed E-state index contributed by atoms with van der Waals surface area (Å²) >= 11 is 0. The van der Waals surface area contributed by atoms with Gasteiger partial charge in [0.15, 0.2) is 5.78 Å². The molecular formula is C22H28O. The molecule has 7 atom stereocenters. The van der Waals surface area contributed by atoms with Crippen LogP contribution in [-0.4, -0.2) is 5.78 Å². The Kier molecular flexibility index (Phi) is 2.82. The van der Waals surface area contributed by atoms with Gasteiger partial charge in [0.1, 0.15) is 0 Å². The molecule has 5 aliphatic rings. The second-order valence-corrected chi connectivity index (χ2v) is 9.43. The van der Waals surface area contributed by atoms with Gasteiger partial charge in [0.05, 0.1) is 0 Å². The number of fused-ring (bicyclic) bond motifs is 7. The molecule has 1 heteroatoms. The van der Waals surface area contributed by atoms with Gasteiger partial charge in [0.2, 0.25) is 0 Å². The molecule has 23 heavy (non-hydrogen) atoms. The summed E-state index contributed by atoms with van der Waals surface area (Å²) in [6.45, 7) is 2.59. The van der Waals surface area contributed by atoms with Gasteiger partial charge in [-0.3, -0.25) is 4.79 Å². The monoisotopic (exact) mass is 308 g/mol. The second kappa shape index (κ2) is 4.53. The van der Waals surface area contributed by atoms with Crippen LogP contribution < -0.4 is 0 Å². The normalized spacial score (nSPS) is 53.3. The van der Waals surface area contributed by atoms with E-state index in [-0.39, 0.29) is 0 Å². The van der Waals surface area contributed by atoms with Crippen molar-refractivity contribution in [2.24, 2.45) is 40.4 Å². The van der Waals surface area contributed by atoms with Crippen molar-refractivity contribution in [2.75, 3.05) is 0 Å². The van der Waals surface area contributed by atoms with Crippen LogP contribution >= 0.6 is 0 Å². The molecule has 5 rings (SSSR count). The largest absolute Gasteiger partial charge is 0.295 e. The lowest BCUT2D eigenvalue weighted by atomic mass is 9.49. The minimum atomic E-state index is 0.380. The Morgan fingerprint density at radius 1 is 1.26 bits per heavy atom. The van der Waals surface area contributed by atoms with Gasteiger partial charge in [-0.15, -0.1) is 12.3 Å². The molecule has 0 aliphatic heterocycles. The van der Waals surface area contributed by atoms with Crippen LogP contribution in [0.3, 0.4) is 0 Å². The van der Waals surface area contributed by atoms with Crippen molar-refractivity contribution in [3.05, 3.63) is 11.6 Å². The van der Waals surface area contributed by atoms with Gasteiger partial charge in [-0.05, 0) is 91.4 Å². The molecule has 1 nitrogen and oxygen atoms in total. The zero-order valence-electron chi connectivity index (χ0n) is 14.3. The molecule has 0 heterocycles. The summed E-state index contributed by atoms with van der Waals surface area (Å²) in [6.07, 6.45) is 18.9. The summed E-state index contributed by atoms with van der Waals surface area (Å²) in [7, 11) is 0. The van der Waals surface area contributed by atoms with Crippen LogP contribution in [0.4, 0.5) is 0 Å². The Bertz CT molecular complexity index is 637. The Balaban J connectivity index is 1.46. The van der Waals surface area contributed by atoms with E-state index in [0.717, 1.165) is 48.9 Å². The maximum atomic E-state index is 11.8. The molecule has 0 amide bonds. The zero-order valence-corrected chi connectivity index (χ0v) is 14.3. The van der Waals surface area contributed by atoms with Crippen molar-refractivity contribution in [2.45, 2.75) is 64.7 Å². The van der Waals surface area contributed by atoms with Gasteiger partial charge in [-0.25, -0.2) is 0 Å². The standard InChI is InChI=1S/C22H28O/c1-3-9-22-13-15(22)12-20-19-6-4-14-11-16(23)5-7-17(14)18(19)8-10-21(20,22)2/h1,11,15,17-20H,4-10,12-13H2,2H3. The summed E-state index contributed by atoms with van der Waals surface area (Å²) in [4.78, 5) is 11.8. The van der Waals surface area contributed by atoms with E-state index in [1.807, 2.05) is 6.08 Å². The number of rotatable bonds is 1. The Morgan fingerprint density at radius 3 is 2.96 bits per heavy atom. The lowest BCUT2D eigenvalue weighted by Crippen LogP contribution is -2.48. The molecule has 0 radical (unpaired) electrons. The first kappa shape index (κ1) is 14.3. The van der Waals surface area contributed by atoms with Gasteiger partial charge in [0, 0.05) is 12.8 Å². The maximum absolute atomic E-state index is 11.8. The highest BCUT2D eigenvalue weighted by Crippen LogP contribution is 2.80. The number of terminal acetylenes is 1. The van der Waals surface area contributed by atoms with Crippen LogP contribution in [0, 0.1) is 52.8 Å². The van der Waals surface area contributed by atoms with Crippen LogP contribution in [-0.2, 0) is 4.79 Å². The van der Waals surface area contributed by atoms with Crippen LogP contribution in [0.2, 0.25) is 0 Å². The van der Waals surface area contributed by atoms with Crippen LogP contribution in [0.1, 0.15) is 64.7 Å². The molecule has 4 fully saturated rings. The third-order valence-corrected chi connectivity index (χ3v) is 9.02. The molecule has 0 aromatic heterocycles. The maximum Gasteiger partial charge on any atom is 0.155 e. The fraction of sp³-hybridized carbons (Fsp3) is 0.773. The van der Waals surface area contributed by atoms with Gasteiger partial charge in [-0.2, -0.15) is 0 Å². The summed E-state index contributed by atoms with van der Waals surface area (Å²) in [6, 6.07) is 0. The third-order valence-electron chi connectivity index (χ3n) is 9.02. The SMILES string of the molecule is C#CCC12CC1CC1C3CCC4=CC(=O)CCC4C3CCC12C. The van der Waals surface area contributed by atoms with Crippen LogP contribution in [0.25, 0.3) is 0 Å². The molecule has 0 bridgehead atoms. The highest BCUT2D eigenvalue weighted by atomic mass is 16.1. The second-order valence-electron chi connectivity index (χ2n) is 9.43. The van der Waals surface area contributed by atoms with Gasteiger partial charge >= 0.3 is 0 Å². The van der Waals surface area contributed by atoms with E-state index in [1.54, 1.807) is 0 Å². The lowest BCUT2D eigenvalue weighted by molar-refractivity contribution is -0.116. The van der Waals surface area contributed by atoms with Crippen molar-refractivity contribution in [1.82, 2.24) is 0 Å². The smallest absolute Gasteiger partial charge is 0.155 e. The predicted octanol–water partition coefficient (Wildman–Crippen LogP) is 4.77. The number of hydrogen-bond donors (Lipinski definition) is 0. The molecule has 4 saturated carbocycles. The van der Waals surface area contributed by atoms with E-state index in [1.165, 1.54) is 44.1 Å². The van der Waals surface area contributed by atoms with E-state index < -0.39 is 0 Å². The minimum Gasteiger partial charge on any atom is -0.295 e. The molecule has 0 aromatic carbocycles. The molecule has 0 aromatic rings. The Labute approximate surface area is 140 Å². The highest BCUT2D eigenvalue weighted by molar-refractivity contribution is 5.91. The Hall–Kier alpha value is -1.03. The summed E-state index contributed by atoms with van der Waals surface area (Å²) in [5, 5.41) is 0. The van der Waals surface area contributed by atoms with Crippen molar-refractivity contribution in [3.63, 3.8) is 0 Å². The zero-order chi connectivity index (χ0) is 15.8. The summed E-state index contributed by atoms with van der Waals surface area (Å²) in [5.74, 6) is 7.75. The van der Waals surface area contributed by atoms with Gasteiger partial charge in [-0.1, -0.05) is 12.5 Å². The highest BCUT2D eigenvalue weighted by Gasteiger charge is 2.73. The Morgan fingerprint density at radius 2 is 2.13 bits per heavy atom. The van der Waals surface area contributed by atoms with Crippen molar-refractivity contribution < 1.29 is 4.79 Å². The number of ketones is 1. The molecule has 5 aliphatic carbocycles. The average Bonchev–Trinajstić information content (AvgIpc) is 3.18. The van der Waals surface area contributed by atoms with E-state index >= 15 is 0 Å². The van der Waals surface area contributed by atoms with E-state index in [0.29, 0.717) is 16.6 Å². The van der Waals surface area contributed by atoms with E-state index in [9.17, 15) is 4.79 Å². The summed E-state index contributed by atoms with van der Waals surface area (Å²) in [5.41, 5.74) is 2.53. The summed E-state index contributed by atoms with van der Waals surface area (Å²) < 4.78 is 0. The lowest BCUT2D eigenvalue weighted by Gasteiger charge is -2.55. The number of carbonyl (C=O) groups excluding carboxylic acids is 1. The van der Waals surface area contributed by atoms with Crippen molar-refractivity contribution in [3.8, 4) is 12.3 Å². The topological polar surface area (TPSA) is 17.1 Å². The number of carbonyl (C=O) groups is 1. The quantitative estimate of drug-likeness (QED) is 0.638. The number of hydrogen-bond acceptors (Lipinski definition) is 1. The van der Waals surface area contributed by atoms with Gasteiger partial charge < -0.3 is 0 Å². The van der Waals surface area contributed by atoms with Gasteiger partial charge in [0.25, 0.3) is 0 Å². The predicted molar refractivity (Wildman–Crippen MR) is 91.5 cm³/mol. The third kappa shape index (κ3) is 1.68.